The van der Waals surface area contributed by atoms with Crippen LogP contribution in [0, 0.1) is 5.92 Å². The number of amides is 1. The van der Waals surface area contributed by atoms with Crippen molar-refractivity contribution in [2.75, 3.05) is 6.54 Å². The first kappa shape index (κ1) is 18.4. The summed E-state index contributed by atoms with van der Waals surface area (Å²) in [5.41, 5.74) is 3.16. The Bertz CT molecular complexity index is 1080. The van der Waals surface area contributed by atoms with E-state index < -0.39 is 0 Å². The van der Waals surface area contributed by atoms with Crippen molar-refractivity contribution in [1.82, 2.24) is 24.4 Å². The summed E-state index contributed by atoms with van der Waals surface area (Å²) >= 11 is 0. The average Bonchev–Trinajstić information content (AvgIpc) is 3.03. The number of carbonyl (C=O) groups excluding carboxylic acids is 1. The molecule has 2 aromatic heterocycles. The number of nitrogens with one attached hydrogen (secondary N) is 1. The number of nitrogens with zero attached hydrogens (tertiary/aromatic N) is 4. The maximum absolute atomic E-state index is 13.3. The third-order valence-electron chi connectivity index (χ3n) is 5.33. The number of aromatic amines is 1. The third-order valence-corrected chi connectivity index (χ3v) is 5.33. The largest absolute Gasteiger partial charge is 0.335 e. The Morgan fingerprint density at radius 1 is 1.25 bits per heavy atom. The second-order valence-corrected chi connectivity index (χ2v) is 7.83. The van der Waals surface area contributed by atoms with Gasteiger partial charge in [0.1, 0.15) is 11.9 Å². The van der Waals surface area contributed by atoms with E-state index in [1.54, 1.807) is 4.90 Å². The molecule has 0 saturated carbocycles. The number of hydrogen-bond donors (Lipinski definition) is 1. The molecule has 1 aromatic carbocycles. The Morgan fingerprint density at radius 2 is 2.04 bits per heavy atom. The van der Waals surface area contributed by atoms with Crippen LogP contribution in [0.3, 0.4) is 0 Å². The summed E-state index contributed by atoms with van der Waals surface area (Å²) in [7, 11) is 0. The van der Waals surface area contributed by atoms with Gasteiger partial charge in [-0.2, -0.15) is 0 Å². The van der Waals surface area contributed by atoms with Crippen LogP contribution >= 0.6 is 0 Å². The van der Waals surface area contributed by atoms with E-state index in [0.29, 0.717) is 36.7 Å². The van der Waals surface area contributed by atoms with Crippen LogP contribution in [0.4, 0.5) is 0 Å². The first-order valence-electron chi connectivity index (χ1n) is 9.75. The Kier molecular flexibility index (Phi) is 4.75. The highest BCUT2D eigenvalue weighted by molar-refractivity contribution is 5.84. The van der Waals surface area contributed by atoms with Gasteiger partial charge in [-0.25, -0.2) is 9.97 Å². The number of hydrogen-bond acceptors (Lipinski definition) is 4. The molecular formula is C21H25N5O2. The molecule has 1 aliphatic heterocycles. The summed E-state index contributed by atoms with van der Waals surface area (Å²) in [5.74, 6) is 1.40. The van der Waals surface area contributed by atoms with E-state index in [-0.39, 0.29) is 17.5 Å². The van der Waals surface area contributed by atoms with Gasteiger partial charge in [0, 0.05) is 18.5 Å². The first-order valence-corrected chi connectivity index (χ1v) is 9.75. The predicted molar refractivity (Wildman–Crippen MR) is 107 cm³/mol. The highest BCUT2D eigenvalue weighted by Crippen LogP contribution is 2.25. The quantitative estimate of drug-likeness (QED) is 0.755. The maximum atomic E-state index is 13.3. The molecule has 3 heterocycles. The molecule has 0 spiro atoms. The van der Waals surface area contributed by atoms with Crippen LogP contribution in [0.15, 0.2) is 35.4 Å². The standard InChI is InChI=1S/C21H25N5O2/c1-13(2)10-19-24-16-6-4-5-7-18(16)26(19)14(3)21(28)25-9-8-15-17(11-25)22-12-23-20(15)27/h4-7,12-14H,8-11H2,1-3H3,(H,22,23,27). The maximum Gasteiger partial charge on any atom is 0.254 e. The van der Waals surface area contributed by atoms with Crippen LogP contribution in [-0.4, -0.2) is 36.9 Å². The topological polar surface area (TPSA) is 83.9 Å². The number of rotatable bonds is 4. The van der Waals surface area contributed by atoms with Gasteiger partial charge in [-0.15, -0.1) is 0 Å². The molecule has 0 saturated heterocycles. The number of imidazole rings is 1. The molecule has 1 amide bonds. The van der Waals surface area contributed by atoms with Crippen LogP contribution in [0.5, 0.6) is 0 Å². The van der Waals surface area contributed by atoms with E-state index in [4.69, 9.17) is 4.98 Å². The van der Waals surface area contributed by atoms with Crippen LogP contribution in [0.1, 0.15) is 43.9 Å². The fourth-order valence-electron chi connectivity index (χ4n) is 3.96. The molecule has 1 aliphatic rings. The lowest BCUT2D eigenvalue weighted by Crippen LogP contribution is -2.42. The van der Waals surface area contributed by atoms with Crippen molar-refractivity contribution >= 4 is 16.9 Å². The minimum absolute atomic E-state index is 0.0286. The lowest BCUT2D eigenvalue weighted by molar-refractivity contribution is -0.135. The molecular weight excluding hydrogens is 354 g/mol. The fraction of sp³-hybridized carbons (Fsp3) is 0.429. The highest BCUT2D eigenvalue weighted by atomic mass is 16.2. The minimum Gasteiger partial charge on any atom is -0.335 e. The van der Waals surface area contributed by atoms with E-state index in [9.17, 15) is 9.59 Å². The average molecular weight is 379 g/mol. The van der Waals surface area contributed by atoms with Gasteiger partial charge in [0.15, 0.2) is 0 Å². The van der Waals surface area contributed by atoms with Crippen molar-refractivity contribution in [3.05, 3.63) is 58.0 Å². The van der Waals surface area contributed by atoms with E-state index in [0.717, 1.165) is 23.3 Å². The zero-order chi connectivity index (χ0) is 19.8. The smallest absolute Gasteiger partial charge is 0.254 e. The molecule has 1 atom stereocenters. The van der Waals surface area contributed by atoms with E-state index in [1.807, 2.05) is 31.2 Å². The van der Waals surface area contributed by atoms with Crippen LogP contribution in [0.2, 0.25) is 0 Å². The molecule has 1 unspecified atom stereocenters. The SMILES string of the molecule is CC(C)Cc1nc2ccccc2n1C(C)C(=O)N1CCc2c(nc[nH]c2=O)C1. The highest BCUT2D eigenvalue weighted by Gasteiger charge is 2.29. The zero-order valence-electron chi connectivity index (χ0n) is 16.5. The molecule has 7 heteroatoms. The van der Waals surface area contributed by atoms with Crippen molar-refractivity contribution in [2.24, 2.45) is 5.92 Å². The van der Waals surface area contributed by atoms with Crippen molar-refractivity contribution in [3.8, 4) is 0 Å². The number of para-hydroxylation sites is 2. The molecule has 146 valence electrons. The molecule has 0 radical (unpaired) electrons. The summed E-state index contributed by atoms with van der Waals surface area (Å²) in [5, 5.41) is 0. The van der Waals surface area contributed by atoms with Crippen molar-refractivity contribution in [1.29, 1.82) is 0 Å². The fourth-order valence-corrected chi connectivity index (χ4v) is 3.96. The van der Waals surface area contributed by atoms with Crippen LogP contribution in [0.25, 0.3) is 11.0 Å². The molecule has 1 N–H and O–H groups in total. The minimum atomic E-state index is -0.371. The molecule has 4 rings (SSSR count). The Labute approximate surface area is 163 Å². The van der Waals surface area contributed by atoms with Gasteiger partial charge in [-0.05, 0) is 31.4 Å². The first-order chi connectivity index (χ1) is 13.5. The summed E-state index contributed by atoms with van der Waals surface area (Å²) in [6.07, 6.45) is 2.75. The van der Waals surface area contributed by atoms with Crippen LogP contribution < -0.4 is 5.56 Å². The van der Waals surface area contributed by atoms with Gasteiger partial charge in [-0.3, -0.25) is 9.59 Å². The van der Waals surface area contributed by atoms with E-state index >= 15 is 0 Å². The number of aromatic nitrogens is 4. The van der Waals surface area contributed by atoms with Gasteiger partial charge in [0.2, 0.25) is 5.91 Å². The number of benzene rings is 1. The Hall–Kier alpha value is -2.96. The van der Waals surface area contributed by atoms with Crippen molar-refractivity contribution in [2.45, 2.75) is 46.2 Å². The molecule has 0 bridgehead atoms. The number of H-pyrrole nitrogens is 1. The van der Waals surface area contributed by atoms with Gasteiger partial charge < -0.3 is 14.5 Å². The second kappa shape index (κ2) is 7.22. The second-order valence-electron chi connectivity index (χ2n) is 7.83. The van der Waals surface area contributed by atoms with Gasteiger partial charge in [0.05, 0.1) is 29.6 Å². The van der Waals surface area contributed by atoms with E-state index in [1.165, 1.54) is 6.33 Å². The number of carbonyl (C=O) groups is 1. The predicted octanol–water partition coefficient (Wildman–Crippen LogP) is 2.46. The van der Waals surface area contributed by atoms with Gasteiger partial charge >= 0.3 is 0 Å². The van der Waals surface area contributed by atoms with Crippen molar-refractivity contribution in [3.63, 3.8) is 0 Å². The molecule has 0 fully saturated rings. The Balaban J connectivity index is 1.67. The van der Waals surface area contributed by atoms with Crippen LogP contribution in [-0.2, 0) is 24.2 Å². The normalized spacial score (nSPS) is 15.1. The molecule has 0 aliphatic carbocycles. The van der Waals surface area contributed by atoms with E-state index in [2.05, 4.69) is 28.4 Å². The lowest BCUT2D eigenvalue weighted by Gasteiger charge is -2.30. The van der Waals surface area contributed by atoms with Gasteiger partial charge in [0.25, 0.3) is 5.56 Å². The van der Waals surface area contributed by atoms with Gasteiger partial charge in [-0.1, -0.05) is 26.0 Å². The van der Waals surface area contributed by atoms with Crippen molar-refractivity contribution < 1.29 is 4.79 Å². The summed E-state index contributed by atoms with van der Waals surface area (Å²) in [4.78, 5) is 38.7. The summed E-state index contributed by atoms with van der Waals surface area (Å²) in [6, 6.07) is 7.58. The zero-order valence-corrected chi connectivity index (χ0v) is 16.5. The Morgan fingerprint density at radius 3 is 2.82 bits per heavy atom. The molecule has 28 heavy (non-hydrogen) atoms. The summed E-state index contributed by atoms with van der Waals surface area (Å²) in [6.45, 7) is 7.13. The third kappa shape index (κ3) is 3.21. The summed E-state index contributed by atoms with van der Waals surface area (Å²) < 4.78 is 2.07. The molecule has 7 nitrogen and oxygen atoms in total. The molecule has 3 aromatic rings. The lowest BCUT2D eigenvalue weighted by atomic mass is 10.1. The number of fused-ring (bicyclic) bond motifs is 2. The monoisotopic (exact) mass is 379 g/mol.